The van der Waals surface area contributed by atoms with Crippen LogP contribution in [0.4, 0.5) is 16.3 Å². The fourth-order valence-electron chi connectivity index (χ4n) is 3.66. The van der Waals surface area contributed by atoms with Crippen LogP contribution in [0.25, 0.3) is 0 Å². The van der Waals surface area contributed by atoms with Crippen LogP contribution in [0.15, 0.2) is 24.3 Å². The van der Waals surface area contributed by atoms with E-state index in [1.54, 1.807) is 12.1 Å². The molecule has 1 aromatic carbocycles. The van der Waals surface area contributed by atoms with Crippen molar-refractivity contribution in [1.82, 2.24) is 20.4 Å². The molecule has 1 unspecified atom stereocenters. The highest BCUT2D eigenvalue weighted by molar-refractivity contribution is 6.05. The summed E-state index contributed by atoms with van der Waals surface area (Å²) in [7, 11) is 1.84. The molecule has 1 atom stereocenters. The summed E-state index contributed by atoms with van der Waals surface area (Å²) in [6.07, 6.45) is 1.93. The van der Waals surface area contributed by atoms with Gasteiger partial charge in [-0.05, 0) is 32.0 Å². The minimum absolute atomic E-state index is 0.0607. The first-order valence-corrected chi connectivity index (χ1v) is 8.38. The molecule has 25 heavy (non-hydrogen) atoms. The predicted octanol–water partition coefficient (Wildman–Crippen LogP) is 2.06. The molecule has 8 nitrogen and oxygen atoms in total. The maximum atomic E-state index is 12.4. The molecule has 130 valence electrons. The summed E-state index contributed by atoms with van der Waals surface area (Å²) in [5.74, 6) is 0.513. The number of rotatable bonds is 4. The second-order valence-electron chi connectivity index (χ2n) is 6.31. The number of aromatic nitrogens is 2. The smallest absolute Gasteiger partial charge is 0.324 e. The molecule has 4 N–H and O–H groups in total. The van der Waals surface area contributed by atoms with Crippen molar-refractivity contribution in [1.29, 1.82) is 0 Å². The second kappa shape index (κ2) is 6.21. The zero-order valence-corrected chi connectivity index (χ0v) is 13.9. The Morgan fingerprint density at radius 1 is 1.40 bits per heavy atom. The number of H-pyrrole nitrogens is 1. The predicted molar refractivity (Wildman–Crippen MR) is 93.4 cm³/mol. The number of carbonyl (C=O) groups is 2. The van der Waals surface area contributed by atoms with Crippen LogP contribution in [-0.2, 0) is 6.54 Å². The number of amides is 3. The topological polar surface area (TPSA) is 102 Å². The van der Waals surface area contributed by atoms with E-state index in [0.29, 0.717) is 23.6 Å². The van der Waals surface area contributed by atoms with Crippen molar-refractivity contribution >= 4 is 23.4 Å². The lowest BCUT2D eigenvalue weighted by molar-refractivity contribution is 0.0776. The Bertz CT molecular complexity index is 830. The van der Waals surface area contributed by atoms with Gasteiger partial charge in [0.1, 0.15) is 0 Å². The SMILES string of the molecule is CNCc1cc(NC(=O)Nc2cccc3c2C2CCCN2C3=O)n[nH]1. The first-order valence-electron chi connectivity index (χ1n) is 8.38. The molecule has 4 rings (SSSR count). The fraction of sp³-hybridized carbons (Fsp3) is 0.353. The van der Waals surface area contributed by atoms with Crippen LogP contribution in [0.1, 0.15) is 40.5 Å². The molecule has 0 saturated carbocycles. The van der Waals surface area contributed by atoms with Crippen LogP contribution in [-0.4, -0.2) is 40.6 Å². The molecule has 8 heteroatoms. The van der Waals surface area contributed by atoms with Gasteiger partial charge in [-0.3, -0.25) is 15.2 Å². The van der Waals surface area contributed by atoms with Crippen LogP contribution in [0.3, 0.4) is 0 Å². The summed E-state index contributed by atoms with van der Waals surface area (Å²) in [4.78, 5) is 26.7. The molecule has 2 aromatic rings. The summed E-state index contributed by atoms with van der Waals surface area (Å²) < 4.78 is 0. The first-order chi connectivity index (χ1) is 12.2. The van der Waals surface area contributed by atoms with Gasteiger partial charge in [0.2, 0.25) is 0 Å². The fourth-order valence-corrected chi connectivity index (χ4v) is 3.66. The van der Waals surface area contributed by atoms with Gasteiger partial charge in [-0.15, -0.1) is 0 Å². The molecule has 2 aliphatic rings. The van der Waals surface area contributed by atoms with Crippen LogP contribution in [0.5, 0.6) is 0 Å². The molecule has 1 fully saturated rings. The van der Waals surface area contributed by atoms with Gasteiger partial charge in [-0.2, -0.15) is 5.10 Å². The normalized spacial score (nSPS) is 18.2. The van der Waals surface area contributed by atoms with E-state index in [0.717, 1.165) is 30.6 Å². The molecule has 1 aromatic heterocycles. The number of hydrogen-bond acceptors (Lipinski definition) is 4. The van der Waals surface area contributed by atoms with Crippen molar-refractivity contribution in [2.24, 2.45) is 0 Å². The summed E-state index contributed by atoms with van der Waals surface area (Å²) >= 11 is 0. The van der Waals surface area contributed by atoms with Gasteiger partial charge < -0.3 is 15.5 Å². The quantitative estimate of drug-likeness (QED) is 0.684. The minimum Gasteiger partial charge on any atom is -0.331 e. The van der Waals surface area contributed by atoms with E-state index in [1.807, 2.05) is 24.1 Å². The van der Waals surface area contributed by atoms with E-state index in [4.69, 9.17) is 0 Å². The third-order valence-corrected chi connectivity index (χ3v) is 4.67. The zero-order valence-electron chi connectivity index (χ0n) is 13.9. The van der Waals surface area contributed by atoms with Gasteiger partial charge in [-0.1, -0.05) is 6.07 Å². The molecule has 0 aliphatic carbocycles. The molecule has 0 bridgehead atoms. The number of fused-ring (bicyclic) bond motifs is 3. The largest absolute Gasteiger partial charge is 0.331 e. The van der Waals surface area contributed by atoms with Crippen LogP contribution >= 0.6 is 0 Å². The molecule has 0 spiro atoms. The van der Waals surface area contributed by atoms with E-state index in [9.17, 15) is 9.59 Å². The standard InChI is InChI=1S/C17H20N6O2/c1-18-9-10-8-14(22-21-10)20-17(25)19-12-5-2-4-11-15(12)13-6-3-7-23(13)16(11)24/h2,4-5,8,13,18H,3,6-7,9H2,1H3,(H3,19,20,21,22,25). The van der Waals surface area contributed by atoms with Gasteiger partial charge in [-0.25, -0.2) is 4.79 Å². The highest BCUT2D eigenvalue weighted by atomic mass is 16.2. The van der Waals surface area contributed by atoms with Crippen molar-refractivity contribution in [2.75, 3.05) is 24.2 Å². The van der Waals surface area contributed by atoms with Crippen molar-refractivity contribution in [3.8, 4) is 0 Å². The highest BCUT2D eigenvalue weighted by Gasteiger charge is 2.41. The van der Waals surface area contributed by atoms with E-state index >= 15 is 0 Å². The lowest BCUT2D eigenvalue weighted by atomic mass is 10.0. The number of hydrogen-bond donors (Lipinski definition) is 4. The lowest BCUT2D eigenvalue weighted by Gasteiger charge is -2.17. The zero-order chi connectivity index (χ0) is 17.4. The maximum Gasteiger partial charge on any atom is 0.324 e. The van der Waals surface area contributed by atoms with E-state index in [2.05, 4.69) is 26.1 Å². The number of benzene rings is 1. The number of urea groups is 1. The number of anilines is 2. The van der Waals surface area contributed by atoms with Gasteiger partial charge in [0.25, 0.3) is 5.91 Å². The average molecular weight is 340 g/mol. The Morgan fingerprint density at radius 3 is 3.12 bits per heavy atom. The van der Waals surface area contributed by atoms with E-state index in [-0.39, 0.29) is 18.0 Å². The minimum atomic E-state index is -0.375. The highest BCUT2D eigenvalue weighted by Crippen LogP contribution is 2.44. The summed E-state index contributed by atoms with van der Waals surface area (Å²) in [6.45, 7) is 1.42. The molecular formula is C17H20N6O2. The molecular weight excluding hydrogens is 320 g/mol. The molecule has 0 radical (unpaired) electrons. The molecule has 1 saturated heterocycles. The Morgan fingerprint density at radius 2 is 2.28 bits per heavy atom. The van der Waals surface area contributed by atoms with Crippen LogP contribution < -0.4 is 16.0 Å². The van der Waals surface area contributed by atoms with Gasteiger partial charge >= 0.3 is 6.03 Å². The maximum absolute atomic E-state index is 12.4. The molecule has 3 amide bonds. The summed E-state index contributed by atoms with van der Waals surface area (Å²) in [5.41, 5.74) is 3.19. The van der Waals surface area contributed by atoms with E-state index < -0.39 is 0 Å². The Labute approximate surface area is 145 Å². The van der Waals surface area contributed by atoms with Crippen LogP contribution in [0, 0.1) is 0 Å². The monoisotopic (exact) mass is 340 g/mol. The Hall–Kier alpha value is -2.87. The second-order valence-corrected chi connectivity index (χ2v) is 6.31. The number of nitrogens with one attached hydrogen (secondary N) is 4. The number of carbonyl (C=O) groups excluding carboxylic acids is 2. The molecule has 2 aliphatic heterocycles. The van der Waals surface area contributed by atoms with Crippen molar-refractivity contribution in [2.45, 2.75) is 25.4 Å². The Balaban J connectivity index is 1.52. The van der Waals surface area contributed by atoms with Crippen molar-refractivity contribution < 1.29 is 9.59 Å². The summed E-state index contributed by atoms with van der Waals surface area (Å²) in [5, 5.41) is 15.5. The van der Waals surface area contributed by atoms with E-state index in [1.165, 1.54) is 0 Å². The van der Waals surface area contributed by atoms with Gasteiger partial charge in [0.15, 0.2) is 5.82 Å². The van der Waals surface area contributed by atoms with Crippen molar-refractivity contribution in [3.05, 3.63) is 41.1 Å². The van der Waals surface area contributed by atoms with Gasteiger partial charge in [0, 0.05) is 36.0 Å². The molecule has 3 heterocycles. The van der Waals surface area contributed by atoms with Crippen LogP contribution in [0.2, 0.25) is 0 Å². The third-order valence-electron chi connectivity index (χ3n) is 4.67. The third kappa shape index (κ3) is 2.74. The first kappa shape index (κ1) is 15.6. The van der Waals surface area contributed by atoms with Crippen molar-refractivity contribution in [3.63, 3.8) is 0 Å². The van der Waals surface area contributed by atoms with Gasteiger partial charge in [0.05, 0.1) is 11.7 Å². The average Bonchev–Trinajstić information content (AvgIpc) is 3.28. The lowest BCUT2D eigenvalue weighted by Crippen LogP contribution is -2.23. The summed E-state index contributed by atoms with van der Waals surface area (Å²) in [6, 6.07) is 6.94. The number of aromatic amines is 1. The number of nitrogens with zero attached hydrogens (tertiary/aromatic N) is 2. The Kier molecular flexibility index (Phi) is 3.89.